The van der Waals surface area contributed by atoms with Gasteiger partial charge in [-0.15, -0.1) is 0 Å². The van der Waals surface area contributed by atoms with Gasteiger partial charge in [0.05, 0.1) is 31.3 Å². The number of aliphatic hydroxyl groups is 3. The van der Waals surface area contributed by atoms with Crippen molar-refractivity contribution in [3.8, 4) is 0 Å². The summed E-state index contributed by atoms with van der Waals surface area (Å²) in [7, 11) is 0. The molecule has 0 saturated carbocycles. The normalized spacial score (nSPS) is 14.0. The highest BCUT2D eigenvalue weighted by atomic mass is 16.3. The number of nitrogens with one attached hydrogen (secondary N) is 1. The van der Waals surface area contributed by atoms with E-state index in [4.69, 9.17) is 0 Å². The maximum atomic E-state index is 12.3. The highest BCUT2D eigenvalue weighted by Gasteiger charge is 2.21. The lowest BCUT2D eigenvalue weighted by Gasteiger charge is -2.23. The summed E-state index contributed by atoms with van der Waals surface area (Å²) in [6.45, 7) is 4.22. The van der Waals surface area contributed by atoms with E-state index in [1.54, 1.807) is 0 Å². The Hall–Kier alpha value is -0.650. The molecule has 37 heavy (non-hydrogen) atoms. The van der Waals surface area contributed by atoms with Gasteiger partial charge >= 0.3 is 0 Å². The van der Waals surface area contributed by atoms with Crippen LogP contribution in [0.4, 0.5) is 0 Å². The Morgan fingerprint density at radius 1 is 0.568 bits per heavy atom. The summed E-state index contributed by atoms with van der Waals surface area (Å²) < 4.78 is 0. The number of rotatable bonds is 29. The highest BCUT2D eigenvalue weighted by molar-refractivity contribution is 5.76. The number of unbranched alkanes of at least 4 members (excludes halogenated alkanes) is 20. The van der Waals surface area contributed by atoms with Crippen molar-refractivity contribution in [2.24, 2.45) is 0 Å². The summed E-state index contributed by atoms with van der Waals surface area (Å²) in [5, 5.41) is 33.0. The van der Waals surface area contributed by atoms with Crippen molar-refractivity contribution in [1.29, 1.82) is 0 Å². The first-order chi connectivity index (χ1) is 18.0. The van der Waals surface area contributed by atoms with Crippen molar-refractivity contribution in [2.75, 3.05) is 6.61 Å². The van der Waals surface area contributed by atoms with Gasteiger partial charge in [0.1, 0.15) is 0 Å². The minimum absolute atomic E-state index is 0.0409. The first kappa shape index (κ1) is 36.4. The Kier molecular flexibility index (Phi) is 27.9. The van der Waals surface area contributed by atoms with E-state index in [2.05, 4.69) is 19.2 Å². The molecule has 0 saturated heterocycles. The molecule has 0 rings (SSSR count). The van der Waals surface area contributed by atoms with Crippen LogP contribution in [-0.2, 0) is 4.79 Å². The van der Waals surface area contributed by atoms with E-state index in [9.17, 15) is 20.1 Å². The smallest absolute Gasteiger partial charge is 0.222 e. The predicted molar refractivity (Wildman–Crippen MR) is 158 cm³/mol. The number of carbonyl (C=O) groups excluding carboxylic acids is 1. The molecule has 0 aliphatic carbocycles. The second-order valence-corrected chi connectivity index (χ2v) is 11.4. The Labute approximate surface area is 230 Å². The van der Waals surface area contributed by atoms with Crippen molar-refractivity contribution in [3.63, 3.8) is 0 Å². The van der Waals surface area contributed by atoms with Gasteiger partial charge in [-0.25, -0.2) is 0 Å². The maximum Gasteiger partial charge on any atom is 0.222 e. The van der Waals surface area contributed by atoms with Gasteiger partial charge < -0.3 is 20.6 Å². The lowest BCUT2D eigenvalue weighted by atomic mass is 10.0. The Morgan fingerprint density at radius 2 is 0.919 bits per heavy atom. The number of amides is 1. The molecule has 0 aromatic carbocycles. The molecule has 3 unspecified atom stereocenters. The van der Waals surface area contributed by atoms with Crippen molar-refractivity contribution >= 4 is 5.91 Å². The van der Waals surface area contributed by atoms with Crippen molar-refractivity contribution in [2.45, 2.75) is 193 Å². The molecule has 0 aliphatic heterocycles. The van der Waals surface area contributed by atoms with Crippen LogP contribution < -0.4 is 5.32 Å². The lowest BCUT2D eigenvalue weighted by molar-refractivity contribution is -0.125. The zero-order chi connectivity index (χ0) is 27.4. The quantitative estimate of drug-likeness (QED) is 0.0742. The fraction of sp³-hybridized carbons (Fsp3) is 0.969. The van der Waals surface area contributed by atoms with Crippen molar-refractivity contribution in [1.82, 2.24) is 5.32 Å². The molecule has 0 aromatic heterocycles. The largest absolute Gasteiger partial charge is 0.394 e. The van der Waals surface area contributed by atoms with E-state index < -0.39 is 18.2 Å². The molecule has 5 nitrogen and oxygen atoms in total. The van der Waals surface area contributed by atoms with Gasteiger partial charge in [-0.2, -0.15) is 0 Å². The standard InChI is InChI=1S/C32H65NO4/c1-3-5-7-9-11-13-15-16-18-20-22-24-26-31(36)30(28-34)33-32(37)27-29(35)25-23-21-19-17-14-12-10-8-6-4-2/h29-31,34-36H,3-28H2,1-2H3,(H,33,37). The van der Waals surface area contributed by atoms with Gasteiger partial charge in [0, 0.05) is 0 Å². The summed E-state index contributed by atoms with van der Waals surface area (Å²) >= 11 is 0. The SMILES string of the molecule is CCCCCCCCCCCCCCC(O)C(CO)NC(=O)CC(O)CCCCCCCCCCCC. The molecule has 0 spiro atoms. The van der Waals surface area contributed by atoms with Gasteiger partial charge in [0.15, 0.2) is 0 Å². The minimum atomic E-state index is -0.740. The van der Waals surface area contributed by atoms with E-state index in [1.807, 2.05) is 0 Å². The molecule has 0 heterocycles. The van der Waals surface area contributed by atoms with Crippen molar-refractivity contribution in [3.05, 3.63) is 0 Å². The highest BCUT2D eigenvalue weighted by Crippen LogP contribution is 2.15. The van der Waals surface area contributed by atoms with Crippen LogP contribution in [0, 0.1) is 0 Å². The molecule has 5 heteroatoms. The number of aliphatic hydroxyl groups excluding tert-OH is 3. The first-order valence-corrected chi connectivity index (χ1v) is 16.3. The van der Waals surface area contributed by atoms with Gasteiger partial charge in [0.2, 0.25) is 5.91 Å². The van der Waals surface area contributed by atoms with Crippen LogP contribution in [0.3, 0.4) is 0 Å². The third kappa shape index (κ3) is 25.4. The second-order valence-electron chi connectivity index (χ2n) is 11.4. The van der Waals surface area contributed by atoms with E-state index in [1.165, 1.54) is 116 Å². The number of hydrogen-bond donors (Lipinski definition) is 4. The number of hydrogen-bond acceptors (Lipinski definition) is 4. The number of carbonyl (C=O) groups is 1. The fourth-order valence-corrected chi connectivity index (χ4v) is 5.11. The summed E-state index contributed by atoms with van der Waals surface area (Å²) in [6, 6.07) is -0.648. The molecule has 0 bridgehead atoms. The van der Waals surface area contributed by atoms with E-state index in [-0.39, 0.29) is 18.9 Å². The Morgan fingerprint density at radius 3 is 1.30 bits per heavy atom. The third-order valence-electron chi connectivity index (χ3n) is 7.67. The van der Waals surface area contributed by atoms with Gasteiger partial charge in [-0.05, 0) is 12.8 Å². The summed E-state index contributed by atoms with van der Waals surface area (Å²) in [5.41, 5.74) is 0. The monoisotopic (exact) mass is 527 g/mol. The zero-order valence-electron chi connectivity index (χ0n) is 24.9. The fourth-order valence-electron chi connectivity index (χ4n) is 5.11. The van der Waals surface area contributed by atoms with Crippen LogP contribution in [0.25, 0.3) is 0 Å². The second kappa shape index (κ2) is 28.4. The molecule has 0 aliphatic rings. The zero-order valence-corrected chi connectivity index (χ0v) is 24.9. The third-order valence-corrected chi connectivity index (χ3v) is 7.67. The summed E-state index contributed by atoms with van der Waals surface area (Å²) in [4.78, 5) is 12.3. The molecule has 0 aromatic rings. The van der Waals surface area contributed by atoms with Gasteiger partial charge in [-0.3, -0.25) is 4.79 Å². The average Bonchev–Trinajstić information content (AvgIpc) is 2.88. The van der Waals surface area contributed by atoms with Crippen LogP contribution in [-0.4, -0.2) is 46.1 Å². The first-order valence-electron chi connectivity index (χ1n) is 16.3. The van der Waals surface area contributed by atoms with E-state index in [0.29, 0.717) is 12.8 Å². The lowest BCUT2D eigenvalue weighted by Crippen LogP contribution is -2.46. The van der Waals surface area contributed by atoms with Crippen LogP contribution in [0.2, 0.25) is 0 Å². The van der Waals surface area contributed by atoms with E-state index >= 15 is 0 Å². The minimum Gasteiger partial charge on any atom is -0.394 e. The summed E-state index contributed by atoms with van der Waals surface area (Å²) in [5.74, 6) is -0.285. The molecule has 0 radical (unpaired) electrons. The van der Waals surface area contributed by atoms with Crippen LogP contribution in [0.5, 0.6) is 0 Å². The van der Waals surface area contributed by atoms with Gasteiger partial charge in [0.25, 0.3) is 0 Å². The van der Waals surface area contributed by atoms with E-state index in [0.717, 1.165) is 25.7 Å². The molecular weight excluding hydrogens is 462 g/mol. The van der Waals surface area contributed by atoms with Crippen molar-refractivity contribution < 1.29 is 20.1 Å². The molecule has 1 amide bonds. The Balaban J connectivity index is 3.71. The molecular formula is C32H65NO4. The van der Waals surface area contributed by atoms with Crippen LogP contribution >= 0.6 is 0 Å². The molecule has 4 N–H and O–H groups in total. The average molecular weight is 528 g/mol. The Bertz CT molecular complexity index is 474. The maximum absolute atomic E-state index is 12.3. The molecule has 222 valence electrons. The topological polar surface area (TPSA) is 89.8 Å². The molecule has 3 atom stereocenters. The predicted octanol–water partition coefficient (Wildman–Crippen LogP) is 7.98. The summed E-state index contributed by atoms with van der Waals surface area (Å²) in [6.07, 6.45) is 27.6. The van der Waals surface area contributed by atoms with Gasteiger partial charge in [-0.1, -0.05) is 155 Å². The van der Waals surface area contributed by atoms with Crippen LogP contribution in [0.1, 0.15) is 174 Å². The van der Waals surface area contributed by atoms with Crippen LogP contribution in [0.15, 0.2) is 0 Å². The molecule has 0 fully saturated rings.